The van der Waals surface area contributed by atoms with Gasteiger partial charge in [-0.2, -0.15) is 0 Å². The van der Waals surface area contributed by atoms with Crippen molar-refractivity contribution in [2.45, 2.75) is 18.9 Å². The van der Waals surface area contributed by atoms with E-state index < -0.39 is 12.0 Å². The first-order valence-corrected chi connectivity index (χ1v) is 7.67. The van der Waals surface area contributed by atoms with Crippen LogP contribution in [0.5, 0.6) is 5.75 Å². The van der Waals surface area contributed by atoms with Crippen molar-refractivity contribution in [3.63, 3.8) is 0 Å². The third kappa shape index (κ3) is 4.84. The maximum absolute atomic E-state index is 12.3. The summed E-state index contributed by atoms with van der Waals surface area (Å²) in [5.74, 6) is -0.0802. The average Bonchev–Trinajstić information content (AvgIpc) is 2.61. The number of carbonyl (C=O) groups excluding carboxylic acids is 2. The molecule has 1 atom stereocenters. The molecule has 0 unspecified atom stereocenters. The minimum Gasteiger partial charge on any atom is -0.496 e. The Kier molecular flexibility index (Phi) is 6.37. The minimum absolute atomic E-state index is 0.131. The summed E-state index contributed by atoms with van der Waals surface area (Å²) >= 11 is 0. The summed E-state index contributed by atoms with van der Waals surface area (Å²) in [5.41, 5.74) is 1.71. The molecule has 0 saturated carbocycles. The first kappa shape index (κ1) is 17.5. The number of benzene rings is 2. The zero-order chi connectivity index (χ0) is 17.4. The van der Waals surface area contributed by atoms with E-state index >= 15 is 0 Å². The molecule has 2 rings (SSSR count). The van der Waals surface area contributed by atoms with Gasteiger partial charge in [-0.05, 0) is 11.6 Å². The standard InChI is InChI=1S/C19H21NO4/c1-23-17-11-7-6-10-15(17)13-18(21)20-16(19(22)24-2)12-14-8-4-3-5-9-14/h3-11,16H,12-13H2,1-2H3,(H,20,21)/t16-/m0/s1. The van der Waals surface area contributed by atoms with Crippen LogP contribution in [0.1, 0.15) is 11.1 Å². The van der Waals surface area contributed by atoms with Crippen molar-refractivity contribution < 1.29 is 19.1 Å². The van der Waals surface area contributed by atoms with Crippen LogP contribution in [-0.4, -0.2) is 32.1 Å². The van der Waals surface area contributed by atoms with Crippen LogP contribution in [0, 0.1) is 0 Å². The van der Waals surface area contributed by atoms with Crippen LogP contribution in [0.4, 0.5) is 0 Å². The third-order valence-electron chi connectivity index (χ3n) is 3.65. The van der Waals surface area contributed by atoms with Crippen LogP contribution < -0.4 is 10.1 Å². The zero-order valence-corrected chi connectivity index (χ0v) is 13.8. The quantitative estimate of drug-likeness (QED) is 0.791. The summed E-state index contributed by atoms with van der Waals surface area (Å²) in [5, 5.41) is 2.75. The molecular formula is C19H21NO4. The van der Waals surface area contributed by atoms with Crippen LogP contribution in [-0.2, 0) is 27.2 Å². The van der Waals surface area contributed by atoms with Gasteiger partial charge in [0.05, 0.1) is 20.6 Å². The number of methoxy groups -OCH3 is 2. The highest BCUT2D eigenvalue weighted by molar-refractivity contribution is 5.86. The second-order valence-electron chi connectivity index (χ2n) is 5.32. The zero-order valence-electron chi connectivity index (χ0n) is 13.8. The summed E-state index contributed by atoms with van der Waals surface area (Å²) in [6.45, 7) is 0. The van der Waals surface area contributed by atoms with Gasteiger partial charge < -0.3 is 14.8 Å². The molecule has 0 bridgehead atoms. The van der Waals surface area contributed by atoms with E-state index in [4.69, 9.17) is 9.47 Å². The molecule has 0 aromatic heterocycles. The lowest BCUT2D eigenvalue weighted by Crippen LogP contribution is -2.43. The Morgan fingerprint density at radius 2 is 1.67 bits per heavy atom. The lowest BCUT2D eigenvalue weighted by molar-refractivity contribution is -0.145. The van der Waals surface area contributed by atoms with Crippen molar-refractivity contribution in [2.24, 2.45) is 0 Å². The van der Waals surface area contributed by atoms with Gasteiger partial charge in [0.25, 0.3) is 0 Å². The number of ether oxygens (including phenoxy) is 2. The SMILES string of the molecule is COC(=O)[C@H](Cc1ccccc1)NC(=O)Cc1ccccc1OC. The molecule has 0 aliphatic rings. The molecule has 1 N–H and O–H groups in total. The Morgan fingerprint density at radius 3 is 2.33 bits per heavy atom. The Labute approximate surface area is 141 Å². The van der Waals surface area contributed by atoms with Gasteiger partial charge in [0.1, 0.15) is 11.8 Å². The van der Waals surface area contributed by atoms with Gasteiger partial charge >= 0.3 is 5.97 Å². The molecule has 0 spiro atoms. The van der Waals surface area contributed by atoms with Gasteiger partial charge in [-0.3, -0.25) is 4.79 Å². The van der Waals surface area contributed by atoms with E-state index in [1.165, 1.54) is 7.11 Å². The molecule has 0 fully saturated rings. The Hall–Kier alpha value is -2.82. The van der Waals surface area contributed by atoms with Gasteiger partial charge in [0, 0.05) is 12.0 Å². The molecule has 0 aliphatic carbocycles. The molecule has 0 radical (unpaired) electrons. The first-order valence-electron chi connectivity index (χ1n) is 7.67. The fraction of sp³-hybridized carbons (Fsp3) is 0.263. The monoisotopic (exact) mass is 327 g/mol. The normalized spacial score (nSPS) is 11.4. The third-order valence-corrected chi connectivity index (χ3v) is 3.65. The maximum atomic E-state index is 12.3. The van der Waals surface area contributed by atoms with Crippen molar-refractivity contribution in [3.8, 4) is 5.75 Å². The highest BCUT2D eigenvalue weighted by Crippen LogP contribution is 2.17. The molecule has 5 heteroatoms. The molecule has 5 nitrogen and oxygen atoms in total. The maximum Gasteiger partial charge on any atom is 0.328 e. The molecule has 126 valence electrons. The van der Waals surface area contributed by atoms with Crippen LogP contribution in [0.2, 0.25) is 0 Å². The molecule has 2 aromatic rings. The Balaban J connectivity index is 2.05. The number of hydrogen-bond acceptors (Lipinski definition) is 4. The predicted molar refractivity (Wildman–Crippen MR) is 90.8 cm³/mol. The van der Waals surface area contributed by atoms with Gasteiger partial charge in [0.2, 0.25) is 5.91 Å². The molecule has 1 amide bonds. The van der Waals surface area contributed by atoms with Crippen molar-refractivity contribution in [3.05, 3.63) is 65.7 Å². The molecule has 0 saturated heterocycles. The number of hydrogen-bond donors (Lipinski definition) is 1. The highest BCUT2D eigenvalue weighted by Gasteiger charge is 2.22. The molecular weight excluding hydrogens is 306 g/mol. The smallest absolute Gasteiger partial charge is 0.328 e. The molecule has 0 aliphatic heterocycles. The first-order chi connectivity index (χ1) is 11.6. The van der Waals surface area contributed by atoms with Crippen LogP contribution in [0.15, 0.2) is 54.6 Å². The minimum atomic E-state index is -0.723. The molecule has 24 heavy (non-hydrogen) atoms. The second kappa shape index (κ2) is 8.72. The summed E-state index contributed by atoms with van der Waals surface area (Å²) in [6.07, 6.45) is 0.511. The van der Waals surface area contributed by atoms with E-state index in [-0.39, 0.29) is 12.3 Å². The number of rotatable bonds is 7. The molecule has 2 aromatic carbocycles. The number of para-hydroxylation sites is 1. The Bertz CT molecular complexity index is 685. The summed E-state index contributed by atoms with van der Waals surface area (Å²) < 4.78 is 10.0. The van der Waals surface area contributed by atoms with Crippen molar-refractivity contribution in [1.82, 2.24) is 5.32 Å². The van der Waals surface area contributed by atoms with E-state index in [1.807, 2.05) is 48.5 Å². The number of amides is 1. The van der Waals surface area contributed by atoms with Crippen molar-refractivity contribution in [1.29, 1.82) is 0 Å². The predicted octanol–water partition coefficient (Wildman–Crippen LogP) is 2.14. The number of esters is 1. The van der Waals surface area contributed by atoms with E-state index in [0.717, 1.165) is 11.1 Å². The van der Waals surface area contributed by atoms with E-state index in [9.17, 15) is 9.59 Å². The Morgan fingerprint density at radius 1 is 1.00 bits per heavy atom. The van der Waals surface area contributed by atoms with Gasteiger partial charge in [-0.15, -0.1) is 0 Å². The largest absolute Gasteiger partial charge is 0.496 e. The van der Waals surface area contributed by atoms with Gasteiger partial charge in [-0.25, -0.2) is 4.79 Å². The number of nitrogens with one attached hydrogen (secondary N) is 1. The average molecular weight is 327 g/mol. The highest BCUT2D eigenvalue weighted by atomic mass is 16.5. The summed E-state index contributed by atoms with van der Waals surface area (Å²) in [7, 11) is 2.87. The summed E-state index contributed by atoms with van der Waals surface area (Å²) in [6, 6.07) is 16.1. The van der Waals surface area contributed by atoms with E-state index in [0.29, 0.717) is 12.2 Å². The fourth-order valence-corrected chi connectivity index (χ4v) is 2.45. The van der Waals surface area contributed by atoms with E-state index in [2.05, 4.69) is 5.32 Å². The second-order valence-corrected chi connectivity index (χ2v) is 5.32. The lowest BCUT2D eigenvalue weighted by atomic mass is 10.1. The topological polar surface area (TPSA) is 64.6 Å². The van der Waals surface area contributed by atoms with Crippen LogP contribution in [0.25, 0.3) is 0 Å². The van der Waals surface area contributed by atoms with Crippen LogP contribution in [0.3, 0.4) is 0 Å². The van der Waals surface area contributed by atoms with E-state index in [1.54, 1.807) is 13.2 Å². The molecule has 0 heterocycles. The summed E-state index contributed by atoms with van der Waals surface area (Å²) in [4.78, 5) is 24.3. The lowest BCUT2D eigenvalue weighted by Gasteiger charge is -2.17. The fourth-order valence-electron chi connectivity index (χ4n) is 2.45. The van der Waals surface area contributed by atoms with Crippen molar-refractivity contribution in [2.75, 3.05) is 14.2 Å². The van der Waals surface area contributed by atoms with Crippen molar-refractivity contribution >= 4 is 11.9 Å². The van der Waals surface area contributed by atoms with Gasteiger partial charge in [-0.1, -0.05) is 48.5 Å². The van der Waals surface area contributed by atoms with Crippen LogP contribution >= 0.6 is 0 Å². The number of carbonyl (C=O) groups is 2. The van der Waals surface area contributed by atoms with Gasteiger partial charge in [0.15, 0.2) is 0 Å².